The predicted molar refractivity (Wildman–Crippen MR) is 139 cm³/mol. The highest BCUT2D eigenvalue weighted by Crippen LogP contribution is 2.44. The number of aryl methyl sites for hydroxylation is 2. The van der Waals surface area contributed by atoms with Crippen molar-refractivity contribution in [3.05, 3.63) is 62.7 Å². The molecule has 0 spiro atoms. The fourth-order valence-electron chi connectivity index (χ4n) is 4.50. The van der Waals surface area contributed by atoms with Crippen molar-refractivity contribution >= 4 is 45.4 Å². The molecule has 1 aliphatic rings. The number of benzene rings is 1. The molecule has 0 saturated carbocycles. The van der Waals surface area contributed by atoms with Gasteiger partial charge in [-0.3, -0.25) is 14.3 Å². The first-order valence-corrected chi connectivity index (χ1v) is 12.8. The molecule has 1 atom stereocenters. The minimum atomic E-state index is -0.377. The van der Waals surface area contributed by atoms with Crippen LogP contribution in [0, 0.1) is 11.3 Å². The Morgan fingerprint density at radius 2 is 1.88 bits per heavy atom. The maximum Gasteiger partial charge on any atom is 0.276 e. The Kier molecular flexibility index (Phi) is 6.87. The van der Waals surface area contributed by atoms with E-state index in [0.717, 1.165) is 36.9 Å². The van der Waals surface area contributed by atoms with E-state index < -0.39 is 0 Å². The topological polar surface area (TPSA) is 76.0 Å². The second-order valence-corrected chi connectivity index (χ2v) is 11.4. The summed E-state index contributed by atoms with van der Waals surface area (Å²) in [6, 6.07) is 7.86. The predicted octanol–water partition coefficient (Wildman–Crippen LogP) is 6.35. The van der Waals surface area contributed by atoms with Crippen LogP contribution in [0.15, 0.2) is 30.5 Å². The molecule has 8 heteroatoms. The van der Waals surface area contributed by atoms with Crippen LogP contribution in [0.3, 0.4) is 0 Å². The summed E-state index contributed by atoms with van der Waals surface area (Å²) in [4.78, 5) is 27.7. The Bertz CT molecular complexity index is 1200. The molecule has 1 aromatic carbocycles. The first-order valence-electron chi connectivity index (χ1n) is 11.6. The normalized spacial score (nSPS) is 15.6. The van der Waals surface area contributed by atoms with Gasteiger partial charge in [0.25, 0.3) is 11.8 Å². The van der Waals surface area contributed by atoms with Crippen LogP contribution in [-0.2, 0) is 26.3 Å². The number of nitrogens with one attached hydrogen (secondary N) is 2. The van der Waals surface area contributed by atoms with Gasteiger partial charge in [0.05, 0.1) is 16.8 Å². The maximum absolute atomic E-state index is 13.5. The number of carbonyl (C=O) groups is 2. The van der Waals surface area contributed by atoms with E-state index in [-0.39, 0.29) is 27.9 Å². The molecule has 3 aromatic rings. The number of carbonyl (C=O) groups excluding carboxylic acids is 2. The van der Waals surface area contributed by atoms with Crippen LogP contribution in [0.1, 0.15) is 71.0 Å². The molecule has 4 rings (SSSR count). The SMILES string of the molecule is CCc1ccc(NC(=O)c2c(NC(=O)c3c(Cl)cnn3C)sc3c2CC[C@H](C(C)(C)C)C3)cc1. The van der Waals surface area contributed by atoms with Gasteiger partial charge in [-0.1, -0.05) is 51.4 Å². The molecule has 0 saturated heterocycles. The van der Waals surface area contributed by atoms with Crippen LogP contribution in [0.25, 0.3) is 0 Å². The van der Waals surface area contributed by atoms with Crippen LogP contribution < -0.4 is 10.6 Å². The van der Waals surface area contributed by atoms with Crippen molar-refractivity contribution in [3.63, 3.8) is 0 Å². The number of aromatic nitrogens is 2. The molecule has 0 radical (unpaired) electrons. The van der Waals surface area contributed by atoms with Gasteiger partial charge in [-0.25, -0.2) is 0 Å². The number of thiophene rings is 1. The van der Waals surface area contributed by atoms with Crippen LogP contribution in [0.5, 0.6) is 0 Å². The quantitative estimate of drug-likeness (QED) is 0.430. The lowest BCUT2D eigenvalue weighted by Gasteiger charge is -2.33. The highest BCUT2D eigenvalue weighted by Gasteiger charge is 2.34. The van der Waals surface area contributed by atoms with Crippen molar-refractivity contribution < 1.29 is 9.59 Å². The molecule has 6 nitrogen and oxygen atoms in total. The molecule has 2 N–H and O–H groups in total. The zero-order valence-electron chi connectivity index (χ0n) is 20.3. The number of anilines is 2. The second kappa shape index (κ2) is 9.55. The number of halogens is 1. The standard InChI is InChI=1S/C26H31ClN4O2S/c1-6-15-7-10-17(11-8-15)29-23(32)21-18-12-9-16(26(2,3)4)13-20(18)34-25(21)30-24(33)22-19(27)14-28-31(22)5/h7-8,10-11,14,16H,6,9,12-13H2,1-5H3,(H,29,32)(H,30,33)/t16-/m0/s1. The number of amides is 2. The summed E-state index contributed by atoms with van der Waals surface area (Å²) in [5.41, 5.74) is 3.98. The minimum absolute atomic E-state index is 0.177. The van der Waals surface area contributed by atoms with Crippen molar-refractivity contribution in [2.45, 2.75) is 53.4 Å². The minimum Gasteiger partial charge on any atom is -0.322 e. The van der Waals surface area contributed by atoms with Gasteiger partial charge in [-0.15, -0.1) is 11.3 Å². The Morgan fingerprint density at radius 3 is 2.47 bits per heavy atom. The average molecular weight is 499 g/mol. The van der Waals surface area contributed by atoms with Crippen LogP contribution >= 0.6 is 22.9 Å². The van der Waals surface area contributed by atoms with E-state index >= 15 is 0 Å². The van der Waals surface area contributed by atoms with Gasteiger partial charge in [-0.2, -0.15) is 5.10 Å². The molecule has 180 valence electrons. The van der Waals surface area contributed by atoms with Crippen LogP contribution in [0.4, 0.5) is 10.7 Å². The van der Waals surface area contributed by atoms with Gasteiger partial charge >= 0.3 is 0 Å². The molecule has 2 aromatic heterocycles. The zero-order chi connectivity index (χ0) is 24.6. The van der Waals surface area contributed by atoms with E-state index in [4.69, 9.17) is 11.6 Å². The third-order valence-corrected chi connectivity index (χ3v) is 8.12. The highest BCUT2D eigenvalue weighted by atomic mass is 35.5. The summed E-state index contributed by atoms with van der Waals surface area (Å²) in [6.45, 7) is 8.88. The van der Waals surface area contributed by atoms with E-state index in [1.807, 2.05) is 24.3 Å². The molecular formula is C26H31ClN4O2S. The molecule has 0 aliphatic heterocycles. The van der Waals surface area contributed by atoms with Gasteiger partial charge in [0.1, 0.15) is 10.7 Å². The summed E-state index contributed by atoms with van der Waals surface area (Å²) in [5, 5.41) is 10.9. The largest absolute Gasteiger partial charge is 0.322 e. The summed E-state index contributed by atoms with van der Waals surface area (Å²) in [6.07, 6.45) is 5.11. The van der Waals surface area contributed by atoms with Gasteiger partial charge in [0.2, 0.25) is 0 Å². The van der Waals surface area contributed by atoms with E-state index in [2.05, 4.69) is 43.4 Å². The van der Waals surface area contributed by atoms with Crippen molar-refractivity contribution in [3.8, 4) is 0 Å². The van der Waals surface area contributed by atoms with Crippen molar-refractivity contribution in [2.75, 3.05) is 10.6 Å². The Balaban J connectivity index is 1.68. The maximum atomic E-state index is 13.5. The third kappa shape index (κ3) is 4.91. The molecule has 34 heavy (non-hydrogen) atoms. The smallest absolute Gasteiger partial charge is 0.276 e. The fraction of sp³-hybridized carbons (Fsp3) is 0.423. The van der Waals surface area contributed by atoms with Gasteiger partial charge < -0.3 is 10.6 Å². The lowest BCUT2D eigenvalue weighted by Crippen LogP contribution is -2.27. The summed E-state index contributed by atoms with van der Waals surface area (Å²) < 4.78 is 1.44. The molecule has 0 unspecified atom stereocenters. The van der Waals surface area contributed by atoms with E-state index in [1.54, 1.807) is 7.05 Å². The summed E-state index contributed by atoms with van der Waals surface area (Å²) in [5.74, 6) is -0.0640. The van der Waals surface area contributed by atoms with Crippen molar-refractivity contribution in [2.24, 2.45) is 18.4 Å². The second-order valence-electron chi connectivity index (χ2n) is 9.94. The highest BCUT2D eigenvalue weighted by molar-refractivity contribution is 7.17. The number of rotatable bonds is 5. The summed E-state index contributed by atoms with van der Waals surface area (Å²) >= 11 is 7.69. The number of fused-ring (bicyclic) bond motifs is 1. The molecule has 2 heterocycles. The Labute approximate surface area is 209 Å². The third-order valence-electron chi connectivity index (χ3n) is 6.67. The number of nitrogens with zero attached hydrogens (tertiary/aromatic N) is 2. The molecule has 0 fully saturated rings. The Hall–Kier alpha value is -2.64. The molecule has 0 bridgehead atoms. The Morgan fingerprint density at radius 1 is 1.18 bits per heavy atom. The average Bonchev–Trinajstić information content (AvgIpc) is 3.31. The fourth-order valence-corrected chi connectivity index (χ4v) is 6.07. The number of hydrogen-bond acceptors (Lipinski definition) is 4. The van der Waals surface area contributed by atoms with Gasteiger partial charge in [0.15, 0.2) is 0 Å². The first kappa shape index (κ1) is 24.5. The van der Waals surface area contributed by atoms with Crippen molar-refractivity contribution in [1.29, 1.82) is 0 Å². The van der Waals surface area contributed by atoms with Gasteiger partial charge in [-0.05, 0) is 60.3 Å². The lowest BCUT2D eigenvalue weighted by atomic mass is 9.72. The molecular weight excluding hydrogens is 468 g/mol. The van der Waals surface area contributed by atoms with Crippen LogP contribution in [-0.4, -0.2) is 21.6 Å². The number of hydrogen-bond donors (Lipinski definition) is 2. The zero-order valence-corrected chi connectivity index (χ0v) is 21.9. The molecule has 2 amide bonds. The molecule has 1 aliphatic carbocycles. The lowest BCUT2D eigenvalue weighted by molar-refractivity contribution is 0.101. The van der Waals surface area contributed by atoms with Gasteiger partial charge in [0, 0.05) is 17.6 Å². The van der Waals surface area contributed by atoms with E-state index in [1.165, 1.54) is 32.7 Å². The van der Waals surface area contributed by atoms with E-state index in [9.17, 15) is 9.59 Å². The summed E-state index contributed by atoms with van der Waals surface area (Å²) in [7, 11) is 1.67. The monoisotopic (exact) mass is 498 g/mol. The van der Waals surface area contributed by atoms with E-state index in [0.29, 0.717) is 16.5 Å². The van der Waals surface area contributed by atoms with Crippen LogP contribution in [0.2, 0.25) is 5.02 Å². The first-order chi connectivity index (χ1) is 16.1. The van der Waals surface area contributed by atoms with Crippen molar-refractivity contribution in [1.82, 2.24) is 9.78 Å².